The third-order valence-electron chi connectivity index (χ3n) is 6.80. The predicted molar refractivity (Wildman–Crippen MR) is 144 cm³/mol. The molecule has 6 rings (SSSR count). The zero-order chi connectivity index (χ0) is 25.5. The lowest BCUT2D eigenvalue weighted by Gasteiger charge is -2.35. The van der Waals surface area contributed by atoms with Gasteiger partial charge in [-0.15, -0.1) is 0 Å². The van der Waals surface area contributed by atoms with Crippen LogP contribution in [0.1, 0.15) is 11.1 Å². The van der Waals surface area contributed by atoms with Crippen LogP contribution in [-0.4, -0.2) is 38.9 Å². The van der Waals surface area contributed by atoms with Gasteiger partial charge < -0.3 is 14.4 Å². The molecule has 0 spiro atoms. The molecule has 4 aromatic rings. The average Bonchev–Trinajstić information content (AvgIpc) is 3.35. The molecule has 1 saturated heterocycles. The zero-order valence-electron chi connectivity index (χ0n) is 20.0. The Bertz CT molecular complexity index is 1470. The quantitative estimate of drug-likeness (QED) is 0.338. The van der Waals surface area contributed by atoms with Gasteiger partial charge in [0.15, 0.2) is 11.5 Å². The largest absolute Gasteiger partial charge is 0.440 e. The van der Waals surface area contributed by atoms with E-state index >= 15 is 0 Å². The fraction of sp³-hybridized carbons (Fsp3) is 0.172. The molecule has 0 radical (unpaired) electrons. The lowest BCUT2D eigenvalue weighted by Crippen LogP contribution is -2.48. The first-order valence-electron chi connectivity index (χ1n) is 12.1. The smallest absolute Gasteiger partial charge is 0.305 e. The molecule has 2 aliphatic rings. The van der Waals surface area contributed by atoms with Gasteiger partial charge in [-0.2, -0.15) is 4.31 Å². The number of hydrogen-bond acceptors (Lipinski definition) is 5. The van der Waals surface area contributed by atoms with Gasteiger partial charge in [-0.1, -0.05) is 72.3 Å². The van der Waals surface area contributed by atoms with Crippen molar-refractivity contribution in [3.8, 4) is 11.5 Å². The fourth-order valence-corrected chi connectivity index (χ4v) is 6.41. The van der Waals surface area contributed by atoms with Crippen LogP contribution in [0.3, 0.4) is 0 Å². The van der Waals surface area contributed by atoms with Crippen LogP contribution in [0.15, 0.2) is 108 Å². The minimum absolute atomic E-state index is 0.187. The van der Waals surface area contributed by atoms with E-state index in [-0.39, 0.29) is 4.90 Å². The summed E-state index contributed by atoms with van der Waals surface area (Å²) < 4.78 is 41.5. The van der Waals surface area contributed by atoms with Crippen LogP contribution in [-0.2, 0) is 15.8 Å². The molecular formula is C29H25ClN2O4S. The molecule has 0 aliphatic carbocycles. The van der Waals surface area contributed by atoms with Gasteiger partial charge in [0, 0.05) is 54.1 Å². The zero-order valence-corrected chi connectivity index (χ0v) is 21.5. The number of halogens is 1. The summed E-state index contributed by atoms with van der Waals surface area (Å²) in [6.45, 7) is 1.96. The lowest BCUT2D eigenvalue weighted by atomic mass is 9.97. The summed E-state index contributed by atoms with van der Waals surface area (Å²) in [5, 5.41) is 0.677. The molecule has 37 heavy (non-hydrogen) atoms. The number of benzene rings is 4. The highest BCUT2D eigenvalue weighted by Gasteiger charge is 2.46. The number of anilines is 1. The summed E-state index contributed by atoms with van der Waals surface area (Å²) in [4.78, 5) is 2.35. The van der Waals surface area contributed by atoms with E-state index in [1.54, 1.807) is 18.2 Å². The summed E-state index contributed by atoms with van der Waals surface area (Å²) in [6.07, 6.45) is 0. The third-order valence-corrected chi connectivity index (χ3v) is 8.95. The van der Waals surface area contributed by atoms with E-state index in [4.69, 9.17) is 21.1 Å². The first-order valence-corrected chi connectivity index (χ1v) is 13.9. The van der Waals surface area contributed by atoms with Crippen molar-refractivity contribution in [1.82, 2.24) is 4.31 Å². The van der Waals surface area contributed by atoms with Gasteiger partial charge >= 0.3 is 5.79 Å². The molecular weight excluding hydrogens is 508 g/mol. The Morgan fingerprint density at radius 1 is 0.676 bits per heavy atom. The number of sulfonamides is 1. The van der Waals surface area contributed by atoms with Gasteiger partial charge in [-0.05, 0) is 36.4 Å². The van der Waals surface area contributed by atoms with Crippen molar-refractivity contribution in [3.05, 3.63) is 119 Å². The Labute approximate surface area is 221 Å². The van der Waals surface area contributed by atoms with E-state index in [0.29, 0.717) is 42.7 Å². The second-order valence-corrected chi connectivity index (χ2v) is 11.4. The van der Waals surface area contributed by atoms with Crippen LogP contribution in [0, 0.1) is 0 Å². The molecule has 6 nitrogen and oxygen atoms in total. The normalized spacial score (nSPS) is 17.1. The molecule has 4 aromatic carbocycles. The Kier molecular flexibility index (Phi) is 6.07. The fourth-order valence-electron chi connectivity index (χ4n) is 4.85. The first kappa shape index (κ1) is 23.9. The molecule has 0 bridgehead atoms. The Morgan fingerprint density at radius 3 is 1.84 bits per heavy atom. The van der Waals surface area contributed by atoms with Crippen LogP contribution < -0.4 is 14.4 Å². The van der Waals surface area contributed by atoms with Crippen LogP contribution in [0.5, 0.6) is 11.5 Å². The van der Waals surface area contributed by atoms with Gasteiger partial charge in [-0.25, -0.2) is 8.42 Å². The minimum Gasteiger partial charge on any atom is -0.440 e. The summed E-state index contributed by atoms with van der Waals surface area (Å²) in [7, 11) is -3.71. The van der Waals surface area contributed by atoms with Gasteiger partial charge in [0.2, 0.25) is 10.0 Å². The van der Waals surface area contributed by atoms with Gasteiger partial charge in [0.1, 0.15) is 0 Å². The highest BCUT2D eigenvalue weighted by atomic mass is 35.5. The average molecular weight is 533 g/mol. The molecule has 0 amide bonds. The monoisotopic (exact) mass is 532 g/mol. The Hall–Kier alpha value is -3.52. The number of hydrogen-bond donors (Lipinski definition) is 0. The minimum atomic E-state index is -3.71. The number of nitrogens with zero attached hydrogens (tertiary/aromatic N) is 2. The summed E-state index contributed by atoms with van der Waals surface area (Å²) in [6, 6.07) is 31.8. The molecule has 2 heterocycles. The standard InChI is InChI=1S/C29H25ClN2O4S/c30-24-11-13-25(14-12-24)31-17-19-32(20-18-31)37(33,34)26-15-16-27-28(21-26)36-29(35-27,22-7-3-1-4-8-22)23-9-5-2-6-10-23/h1-16,21H,17-20H2. The summed E-state index contributed by atoms with van der Waals surface area (Å²) >= 11 is 6.00. The number of rotatable bonds is 5. The van der Waals surface area contributed by atoms with E-state index in [2.05, 4.69) is 4.90 Å². The van der Waals surface area contributed by atoms with Crippen molar-refractivity contribution in [2.75, 3.05) is 31.1 Å². The number of ether oxygens (including phenoxy) is 2. The lowest BCUT2D eigenvalue weighted by molar-refractivity contribution is -0.0459. The van der Waals surface area contributed by atoms with Crippen molar-refractivity contribution in [2.45, 2.75) is 10.7 Å². The van der Waals surface area contributed by atoms with E-state index in [0.717, 1.165) is 16.8 Å². The van der Waals surface area contributed by atoms with Crippen molar-refractivity contribution < 1.29 is 17.9 Å². The third kappa shape index (κ3) is 4.33. The second kappa shape index (κ2) is 9.41. The summed E-state index contributed by atoms with van der Waals surface area (Å²) in [5.41, 5.74) is 2.67. The predicted octanol–water partition coefficient (Wildman–Crippen LogP) is 5.52. The topological polar surface area (TPSA) is 59.1 Å². The van der Waals surface area contributed by atoms with E-state index in [9.17, 15) is 8.42 Å². The van der Waals surface area contributed by atoms with Gasteiger partial charge in [0.25, 0.3) is 0 Å². The maximum atomic E-state index is 13.6. The second-order valence-electron chi connectivity index (χ2n) is 9.03. The van der Waals surface area contributed by atoms with E-state index < -0.39 is 15.8 Å². The Balaban J connectivity index is 1.26. The molecule has 2 aliphatic heterocycles. The number of fused-ring (bicyclic) bond motifs is 1. The number of piperazine rings is 1. The van der Waals surface area contributed by atoms with Gasteiger partial charge in [-0.3, -0.25) is 0 Å². The van der Waals surface area contributed by atoms with Crippen LogP contribution in [0.25, 0.3) is 0 Å². The maximum absolute atomic E-state index is 13.6. The first-order chi connectivity index (χ1) is 18.0. The Morgan fingerprint density at radius 2 is 1.24 bits per heavy atom. The molecule has 0 N–H and O–H groups in total. The van der Waals surface area contributed by atoms with E-state index in [1.807, 2.05) is 84.9 Å². The van der Waals surface area contributed by atoms with E-state index in [1.165, 1.54) is 4.31 Å². The maximum Gasteiger partial charge on any atom is 0.305 e. The molecule has 188 valence electrons. The van der Waals surface area contributed by atoms with Crippen molar-refractivity contribution in [2.24, 2.45) is 0 Å². The highest BCUT2D eigenvalue weighted by Crippen LogP contribution is 2.48. The van der Waals surface area contributed by atoms with Crippen molar-refractivity contribution in [1.29, 1.82) is 0 Å². The van der Waals surface area contributed by atoms with Crippen molar-refractivity contribution in [3.63, 3.8) is 0 Å². The molecule has 1 fully saturated rings. The molecule has 0 aromatic heterocycles. The molecule has 0 saturated carbocycles. The molecule has 0 atom stereocenters. The van der Waals surface area contributed by atoms with Gasteiger partial charge in [0.05, 0.1) is 4.90 Å². The summed E-state index contributed by atoms with van der Waals surface area (Å²) in [5.74, 6) is -0.301. The van der Waals surface area contributed by atoms with Crippen LogP contribution in [0.4, 0.5) is 5.69 Å². The van der Waals surface area contributed by atoms with Crippen LogP contribution >= 0.6 is 11.6 Å². The van der Waals surface area contributed by atoms with Crippen molar-refractivity contribution >= 4 is 27.3 Å². The molecule has 8 heteroatoms. The van der Waals surface area contributed by atoms with Crippen LogP contribution in [0.2, 0.25) is 5.02 Å². The SMILES string of the molecule is O=S(=O)(c1ccc2c(c1)OC(c1ccccc1)(c1ccccc1)O2)N1CCN(c2ccc(Cl)cc2)CC1. The molecule has 0 unspecified atom stereocenters. The highest BCUT2D eigenvalue weighted by molar-refractivity contribution is 7.89.